The second-order valence-electron chi connectivity index (χ2n) is 9.84. The fourth-order valence-corrected chi connectivity index (χ4v) is 5.32. The summed E-state index contributed by atoms with van der Waals surface area (Å²) in [4.78, 5) is 22.9. The van der Waals surface area contributed by atoms with Crippen molar-refractivity contribution in [3.8, 4) is 0 Å². The predicted octanol–water partition coefficient (Wildman–Crippen LogP) is 5.93. The van der Waals surface area contributed by atoms with E-state index in [4.69, 9.17) is 26.0 Å². The number of nitrogens with one attached hydrogen (secondary N) is 2. The predicted molar refractivity (Wildman–Crippen MR) is 142 cm³/mol. The maximum absolute atomic E-state index is 11.7. The first-order valence-corrected chi connectivity index (χ1v) is 15.1. The molecule has 1 aromatic carbocycles. The molecule has 0 saturated carbocycles. The van der Waals surface area contributed by atoms with Gasteiger partial charge in [0.2, 0.25) is 5.91 Å². The number of thiophene rings is 1. The molecule has 0 fully saturated rings. The van der Waals surface area contributed by atoms with Crippen molar-refractivity contribution in [1.29, 1.82) is 0 Å². The molecule has 2 N–H and O–H groups in total. The molecule has 3 rings (SSSR count). The van der Waals surface area contributed by atoms with Gasteiger partial charge in [0.15, 0.2) is 8.32 Å². The lowest BCUT2D eigenvalue weighted by Gasteiger charge is -2.37. The Balaban J connectivity index is 2.12. The number of rotatable bonds is 4. The Morgan fingerprint density at radius 1 is 1.21 bits per heavy atom. The highest BCUT2D eigenvalue weighted by Gasteiger charge is 2.38. The standard InChI is InChI=1S/C24H33ClN4O2SSi/c1-14-15(2)32-23-20(14)21(17-9-11-18(25)12-10-17)26-19(22(27-23)29-28-16(3)30)13-31-33(7,8)24(4,5)6/h9-12,19H,13H2,1-8H3,(H,27,29)(H,28,30). The van der Waals surface area contributed by atoms with Crippen molar-refractivity contribution in [2.45, 2.75) is 65.7 Å². The average Bonchev–Trinajstić information content (AvgIpc) is 2.90. The maximum Gasteiger partial charge on any atom is 0.235 e. The van der Waals surface area contributed by atoms with Gasteiger partial charge < -0.3 is 4.43 Å². The van der Waals surface area contributed by atoms with Gasteiger partial charge in [-0.15, -0.1) is 11.3 Å². The van der Waals surface area contributed by atoms with Crippen molar-refractivity contribution in [2.75, 3.05) is 6.61 Å². The Morgan fingerprint density at radius 2 is 1.85 bits per heavy atom. The number of halogens is 1. The van der Waals surface area contributed by atoms with E-state index in [9.17, 15) is 4.79 Å². The highest BCUT2D eigenvalue weighted by Crippen LogP contribution is 2.40. The lowest BCUT2D eigenvalue weighted by Crippen LogP contribution is -2.49. The van der Waals surface area contributed by atoms with Gasteiger partial charge in [0.25, 0.3) is 0 Å². The first-order valence-electron chi connectivity index (χ1n) is 11.0. The third-order valence-electron chi connectivity index (χ3n) is 6.32. The maximum atomic E-state index is 11.7. The highest BCUT2D eigenvalue weighted by atomic mass is 35.5. The molecule has 1 atom stereocenters. The summed E-state index contributed by atoms with van der Waals surface area (Å²) in [5.74, 6) is 0.363. The average molecular weight is 505 g/mol. The van der Waals surface area contributed by atoms with Gasteiger partial charge in [0.1, 0.15) is 16.9 Å². The zero-order valence-corrected chi connectivity index (χ0v) is 23.2. The lowest BCUT2D eigenvalue weighted by molar-refractivity contribution is -0.119. The van der Waals surface area contributed by atoms with E-state index in [1.807, 2.05) is 24.3 Å². The molecule has 0 spiro atoms. The van der Waals surface area contributed by atoms with Crippen molar-refractivity contribution in [2.24, 2.45) is 9.98 Å². The van der Waals surface area contributed by atoms with Gasteiger partial charge in [0.05, 0.1) is 12.3 Å². The number of amidine groups is 1. The van der Waals surface area contributed by atoms with Crippen LogP contribution in [0.2, 0.25) is 23.2 Å². The Bertz CT molecular complexity index is 1100. The van der Waals surface area contributed by atoms with Gasteiger partial charge in [-0.3, -0.25) is 20.6 Å². The summed E-state index contributed by atoms with van der Waals surface area (Å²) in [6.07, 6.45) is 0. The lowest BCUT2D eigenvalue weighted by atomic mass is 10.00. The molecule has 1 aromatic heterocycles. The highest BCUT2D eigenvalue weighted by molar-refractivity contribution is 7.16. The van der Waals surface area contributed by atoms with E-state index in [0.717, 1.165) is 27.4 Å². The minimum absolute atomic E-state index is 0.0646. The number of fused-ring (bicyclic) bond motifs is 1. The number of hydrogen-bond acceptors (Lipinski definition) is 6. The third-order valence-corrected chi connectivity index (χ3v) is 12.2. The molecule has 1 amide bonds. The monoisotopic (exact) mass is 504 g/mol. The summed E-state index contributed by atoms with van der Waals surface area (Å²) in [6.45, 7) is 17.1. The number of hydrogen-bond donors (Lipinski definition) is 2. The van der Waals surface area contributed by atoms with E-state index in [1.165, 1.54) is 11.8 Å². The van der Waals surface area contributed by atoms with Crippen LogP contribution in [0.25, 0.3) is 0 Å². The molecule has 1 aliphatic heterocycles. The minimum Gasteiger partial charge on any atom is -0.414 e. The van der Waals surface area contributed by atoms with E-state index in [0.29, 0.717) is 17.5 Å². The second kappa shape index (κ2) is 9.70. The Hall–Kier alpha value is -2.00. The molecule has 0 saturated heterocycles. The van der Waals surface area contributed by atoms with Crippen LogP contribution in [0.15, 0.2) is 34.3 Å². The SMILES string of the molecule is CC(=O)NNC1=Nc2sc(C)c(C)c2C(c2ccc(Cl)cc2)=NC1CO[Si](C)(C)C(C)(C)C. The Morgan fingerprint density at radius 3 is 2.42 bits per heavy atom. The van der Waals surface area contributed by atoms with E-state index in [-0.39, 0.29) is 10.9 Å². The van der Waals surface area contributed by atoms with Gasteiger partial charge in [-0.25, -0.2) is 4.99 Å². The molecular weight excluding hydrogens is 472 g/mol. The molecule has 33 heavy (non-hydrogen) atoms. The molecule has 2 aromatic rings. The fourth-order valence-electron chi connectivity index (χ4n) is 3.14. The molecule has 9 heteroatoms. The van der Waals surface area contributed by atoms with Crippen LogP contribution in [0.1, 0.15) is 49.3 Å². The van der Waals surface area contributed by atoms with Gasteiger partial charge in [-0.05, 0) is 49.7 Å². The molecule has 1 aliphatic rings. The van der Waals surface area contributed by atoms with Gasteiger partial charge in [-0.2, -0.15) is 0 Å². The van der Waals surface area contributed by atoms with Crippen molar-refractivity contribution in [3.63, 3.8) is 0 Å². The molecule has 6 nitrogen and oxygen atoms in total. The van der Waals surface area contributed by atoms with Crippen LogP contribution in [0, 0.1) is 13.8 Å². The molecular formula is C24H33ClN4O2SSi. The first-order chi connectivity index (χ1) is 15.3. The summed E-state index contributed by atoms with van der Waals surface area (Å²) in [6, 6.07) is 7.30. The molecule has 2 heterocycles. The summed E-state index contributed by atoms with van der Waals surface area (Å²) >= 11 is 7.78. The summed E-state index contributed by atoms with van der Waals surface area (Å²) in [5.41, 5.74) is 9.66. The number of aryl methyl sites for hydroxylation is 1. The molecule has 178 valence electrons. The number of carbonyl (C=O) groups excluding carboxylic acids is 1. The summed E-state index contributed by atoms with van der Waals surface area (Å²) in [7, 11) is -2.03. The largest absolute Gasteiger partial charge is 0.414 e. The molecule has 0 aliphatic carbocycles. The summed E-state index contributed by atoms with van der Waals surface area (Å²) < 4.78 is 6.54. The molecule has 0 radical (unpaired) electrons. The Labute approximate surface area is 206 Å². The number of aliphatic imine (C=N–C) groups is 2. The van der Waals surface area contributed by atoms with E-state index < -0.39 is 14.4 Å². The third kappa shape index (κ3) is 5.74. The fraction of sp³-hybridized carbons (Fsp3) is 0.458. The van der Waals surface area contributed by atoms with Crippen molar-refractivity contribution >= 4 is 53.7 Å². The second-order valence-corrected chi connectivity index (χ2v) is 16.3. The normalized spacial score (nSPS) is 16.5. The number of amides is 1. The van der Waals surface area contributed by atoms with E-state index >= 15 is 0 Å². The number of carbonyl (C=O) groups is 1. The number of benzene rings is 1. The van der Waals surface area contributed by atoms with Gasteiger partial charge in [0, 0.05) is 28.0 Å². The molecule has 0 bridgehead atoms. The molecule has 1 unspecified atom stereocenters. The number of hydrazine groups is 1. The smallest absolute Gasteiger partial charge is 0.235 e. The minimum atomic E-state index is -2.03. The van der Waals surface area contributed by atoms with E-state index in [1.54, 1.807) is 11.3 Å². The van der Waals surface area contributed by atoms with Crippen molar-refractivity contribution in [1.82, 2.24) is 10.9 Å². The van der Waals surface area contributed by atoms with E-state index in [2.05, 4.69) is 58.6 Å². The quantitative estimate of drug-likeness (QED) is 0.400. The van der Waals surface area contributed by atoms with Crippen LogP contribution in [-0.4, -0.2) is 38.4 Å². The van der Waals surface area contributed by atoms with Crippen LogP contribution in [-0.2, 0) is 9.22 Å². The van der Waals surface area contributed by atoms with Crippen LogP contribution in [0.4, 0.5) is 5.00 Å². The van der Waals surface area contributed by atoms with Crippen LogP contribution >= 0.6 is 22.9 Å². The van der Waals surface area contributed by atoms with Crippen LogP contribution in [0.5, 0.6) is 0 Å². The first kappa shape index (κ1) is 25.6. The topological polar surface area (TPSA) is 75.1 Å². The zero-order valence-electron chi connectivity index (χ0n) is 20.6. The van der Waals surface area contributed by atoms with Gasteiger partial charge in [-0.1, -0.05) is 44.5 Å². The van der Waals surface area contributed by atoms with Crippen molar-refractivity contribution in [3.05, 3.63) is 50.9 Å². The number of nitrogens with zero attached hydrogens (tertiary/aromatic N) is 2. The van der Waals surface area contributed by atoms with Crippen molar-refractivity contribution < 1.29 is 9.22 Å². The van der Waals surface area contributed by atoms with Gasteiger partial charge >= 0.3 is 0 Å². The summed E-state index contributed by atoms with van der Waals surface area (Å²) in [5, 5.41) is 1.60. The zero-order chi connectivity index (χ0) is 24.6. The van der Waals surface area contributed by atoms with Crippen LogP contribution in [0.3, 0.4) is 0 Å². The Kier molecular flexibility index (Phi) is 7.53. The van der Waals surface area contributed by atoms with Crippen LogP contribution < -0.4 is 10.9 Å².